The maximum absolute atomic E-state index is 13.2. The number of benzene rings is 3. The Kier molecular flexibility index (Phi) is 5.63. The fourth-order valence-electron chi connectivity index (χ4n) is 3.74. The molecule has 0 aliphatic carbocycles. The Bertz CT molecular complexity index is 1560. The Morgan fingerprint density at radius 2 is 1.89 bits per heavy atom. The number of nitrogen functional groups attached to an aromatic ring is 1. The highest BCUT2D eigenvalue weighted by Crippen LogP contribution is 2.29. The van der Waals surface area contributed by atoms with Crippen molar-refractivity contribution in [1.29, 1.82) is 0 Å². The number of amides is 1. The van der Waals surface area contributed by atoms with Crippen LogP contribution in [0.15, 0.2) is 76.5 Å². The molecule has 11 nitrogen and oxygen atoms in total. The van der Waals surface area contributed by atoms with Crippen molar-refractivity contribution in [3.05, 3.63) is 78.0 Å². The summed E-state index contributed by atoms with van der Waals surface area (Å²) in [7, 11) is 1.55. The summed E-state index contributed by atoms with van der Waals surface area (Å²) in [6.45, 7) is 1.82. The predicted octanol–water partition coefficient (Wildman–Crippen LogP) is 3.22. The first-order chi connectivity index (χ1) is 17.1. The second kappa shape index (κ2) is 9.06. The number of carbonyl (C=O) groups excluding carboxylic acids is 1. The van der Waals surface area contributed by atoms with Gasteiger partial charge in [0.05, 0.1) is 12.8 Å². The summed E-state index contributed by atoms with van der Waals surface area (Å²) < 4.78 is 11.3. The van der Waals surface area contributed by atoms with Gasteiger partial charge in [0.15, 0.2) is 5.69 Å². The normalized spacial score (nSPS) is 11.5. The molecule has 2 heterocycles. The molecular formula is C24H20N8O3. The van der Waals surface area contributed by atoms with Crippen LogP contribution in [0, 0.1) is 0 Å². The molecule has 0 aliphatic rings. The molecule has 0 saturated heterocycles. The second-order valence-electron chi connectivity index (χ2n) is 7.57. The van der Waals surface area contributed by atoms with E-state index in [1.807, 2.05) is 49.4 Å². The van der Waals surface area contributed by atoms with Crippen molar-refractivity contribution in [2.24, 2.45) is 5.10 Å². The lowest BCUT2D eigenvalue weighted by Crippen LogP contribution is -2.21. The van der Waals surface area contributed by atoms with Crippen molar-refractivity contribution in [2.75, 3.05) is 12.8 Å². The van der Waals surface area contributed by atoms with Crippen LogP contribution in [0.2, 0.25) is 0 Å². The van der Waals surface area contributed by atoms with Crippen LogP contribution < -0.4 is 15.9 Å². The van der Waals surface area contributed by atoms with Gasteiger partial charge in [-0.15, -0.1) is 5.10 Å². The summed E-state index contributed by atoms with van der Waals surface area (Å²) in [6.07, 6.45) is 0. The van der Waals surface area contributed by atoms with E-state index >= 15 is 0 Å². The number of nitrogens with zero attached hydrogens (tertiary/aromatic N) is 6. The minimum Gasteiger partial charge on any atom is -0.497 e. The van der Waals surface area contributed by atoms with E-state index in [9.17, 15) is 4.79 Å². The van der Waals surface area contributed by atoms with E-state index in [0.717, 1.165) is 16.3 Å². The SMILES string of the molecule is COc1cccc(-c2c(C(=O)N/N=C(\C)c3cccc4ccccc34)nnn2-c2nonc2N)c1. The number of carbonyl (C=O) groups is 1. The fourth-order valence-corrected chi connectivity index (χ4v) is 3.74. The Balaban J connectivity index is 1.53. The summed E-state index contributed by atoms with van der Waals surface area (Å²) in [4.78, 5) is 13.2. The van der Waals surface area contributed by atoms with Crippen molar-refractivity contribution >= 4 is 28.2 Å². The Morgan fingerprint density at radius 3 is 2.69 bits per heavy atom. The molecule has 0 unspecified atom stereocenters. The molecule has 35 heavy (non-hydrogen) atoms. The number of rotatable bonds is 6. The number of hydrogen-bond donors (Lipinski definition) is 2. The lowest BCUT2D eigenvalue weighted by Gasteiger charge is -2.08. The van der Waals surface area contributed by atoms with E-state index in [4.69, 9.17) is 15.1 Å². The van der Waals surface area contributed by atoms with Gasteiger partial charge in [0, 0.05) is 11.1 Å². The third-order valence-electron chi connectivity index (χ3n) is 5.43. The zero-order valence-corrected chi connectivity index (χ0v) is 18.8. The minimum absolute atomic E-state index is 0.00387. The van der Waals surface area contributed by atoms with E-state index in [1.54, 1.807) is 31.4 Å². The fraction of sp³-hybridized carbons (Fsp3) is 0.0833. The van der Waals surface area contributed by atoms with Gasteiger partial charge in [-0.25, -0.2) is 10.1 Å². The van der Waals surface area contributed by atoms with Gasteiger partial charge >= 0.3 is 0 Å². The number of fused-ring (bicyclic) bond motifs is 1. The molecule has 0 radical (unpaired) electrons. The van der Waals surface area contributed by atoms with Gasteiger partial charge in [-0.2, -0.15) is 9.78 Å². The van der Waals surface area contributed by atoms with E-state index in [2.05, 4.69) is 31.2 Å². The minimum atomic E-state index is -0.566. The predicted molar refractivity (Wildman–Crippen MR) is 129 cm³/mol. The topological polar surface area (TPSA) is 146 Å². The Labute approximate surface area is 199 Å². The largest absolute Gasteiger partial charge is 0.497 e. The van der Waals surface area contributed by atoms with Crippen molar-refractivity contribution in [3.8, 4) is 22.8 Å². The zero-order valence-electron chi connectivity index (χ0n) is 18.8. The van der Waals surface area contributed by atoms with Crippen molar-refractivity contribution in [2.45, 2.75) is 6.92 Å². The Morgan fingerprint density at radius 1 is 1.09 bits per heavy atom. The number of aromatic nitrogens is 5. The monoisotopic (exact) mass is 468 g/mol. The van der Waals surface area contributed by atoms with Gasteiger partial charge < -0.3 is 10.5 Å². The number of nitrogens with two attached hydrogens (primary N) is 1. The van der Waals surface area contributed by atoms with Gasteiger partial charge in [0.1, 0.15) is 11.4 Å². The highest BCUT2D eigenvalue weighted by Gasteiger charge is 2.25. The smallest absolute Gasteiger partial charge is 0.294 e. The van der Waals surface area contributed by atoms with Crippen LogP contribution in [0.1, 0.15) is 23.0 Å². The molecular weight excluding hydrogens is 448 g/mol. The van der Waals surface area contributed by atoms with Crippen LogP contribution in [0.25, 0.3) is 27.8 Å². The molecule has 5 aromatic rings. The van der Waals surface area contributed by atoms with Gasteiger partial charge in [0.25, 0.3) is 5.91 Å². The maximum atomic E-state index is 13.2. The molecule has 3 N–H and O–H groups in total. The van der Waals surface area contributed by atoms with Gasteiger partial charge in [-0.1, -0.05) is 59.8 Å². The summed E-state index contributed by atoms with van der Waals surface area (Å²) in [5.74, 6) is 0.113. The molecule has 0 spiro atoms. The summed E-state index contributed by atoms with van der Waals surface area (Å²) in [6, 6.07) is 21.0. The molecule has 1 amide bonds. The average molecular weight is 468 g/mol. The van der Waals surface area contributed by atoms with E-state index in [1.165, 1.54) is 4.68 Å². The molecule has 0 fully saturated rings. The van der Waals surface area contributed by atoms with Crippen LogP contribution in [-0.2, 0) is 0 Å². The average Bonchev–Trinajstić information content (AvgIpc) is 3.52. The lowest BCUT2D eigenvalue weighted by atomic mass is 10.0. The molecule has 5 rings (SSSR count). The third-order valence-corrected chi connectivity index (χ3v) is 5.43. The third kappa shape index (κ3) is 4.06. The van der Waals surface area contributed by atoms with Gasteiger partial charge in [0.2, 0.25) is 11.6 Å². The van der Waals surface area contributed by atoms with E-state index < -0.39 is 5.91 Å². The highest BCUT2D eigenvalue weighted by molar-refractivity contribution is 6.10. The number of ether oxygens (including phenoxy) is 1. The summed E-state index contributed by atoms with van der Waals surface area (Å²) in [5.41, 5.74) is 10.9. The molecule has 0 bridgehead atoms. The number of hydrogen-bond acceptors (Lipinski definition) is 9. The van der Waals surface area contributed by atoms with E-state index in [-0.39, 0.29) is 17.3 Å². The van der Waals surface area contributed by atoms with Crippen molar-refractivity contribution in [3.63, 3.8) is 0 Å². The number of hydrazone groups is 1. The van der Waals surface area contributed by atoms with Crippen LogP contribution in [0.3, 0.4) is 0 Å². The molecule has 0 atom stereocenters. The zero-order chi connectivity index (χ0) is 24.4. The Hall–Kier alpha value is -5.06. The van der Waals surface area contributed by atoms with Crippen LogP contribution in [0.4, 0.5) is 5.82 Å². The molecule has 0 saturated carbocycles. The first-order valence-corrected chi connectivity index (χ1v) is 10.6. The van der Waals surface area contributed by atoms with E-state index in [0.29, 0.717) is 22.7 Å². The van der Waals surface area contributed by atoms with Crippen molar-refractivity contribution < 1.29 is 14.2 Å². The standard InChI is InChI=1S/C24H20N8O3/c1-14(18-12-6-8-15-7-3-4-11-19(15)18)26-28-24(33)20-21(16-9-5-10-17(13-16)34-2)32(31-27-20)23-22(25)29-35-30-23/h3-13H,1-2H3,(H2,25,29)(H,28,33)/b26-14+. The molecule has 2 aromatic heterocycles. The van der Waals surface area contributed by atoms with Crippen LogP contribution in [0.5, 0.6) is 5.75 Å². The first kappa shape index (κ1) is 21.8. The maximum Gasteiger partial charge on any atom is 0.294 e. The van der Waals surface area contributed by atoms with Crippen LogP contribution >= 0.6 is 0 Å². The number of nitrogens with one attached hydrogen (secondary N) is 1. The lowest BCUT2D eigenvalue weighted by molar-refractivity contribution is 0.0950. The first-order valence-electron chi connectivity index (χ1n) is 10.6. The quantitative estimate of drug-likeness (QED) is 0.285. The second-order valence-corrected chi connectivity index (χ2v) is 7.57. The van der Waals surface area contributed by atoms with Crippen molar-refractivity contribution in [1.82, 2.24) is 30.7 Å². The number of methoxy groups -OCH3 is 1. The summed E-state index contributed by atoms with van der Waals surface area (Å²) in [5, 5.41) is 22.0. The summed E-state index contributed by atoms with van der Waals surface area (Å²) >= 11 is 0. The van der Waals surface area contributed by atoms with Gasteiger partial charge in [-0.3, -0.25) is 4.79 Å². The number of anilines is 1. The molecule has 0 aliphatic heterocycles. The van der Waals surface area contributed by atoms with Crippen LogP contribution in [-0.4, -0.2) is 44.0 Å². The van der Waals surface area contributed by atoms with Gasteiger partial charge in [-0.05, 0) is 40.1 Å². The molecule has 3 aromatic carbocycles. The molecule has 174 valence electrons. The highest BCUT2D eigenvalue weighted by atomic mass is 16.6. The molecule has 11 heteroatoms.